The predicted molar refractivity (Wildman–Crippen MR) is 88.0 cm³/mol. The zero-order valence-electron chi connectivity index (χ0n) is 11.8. The summed E-state index contributed by atoms with van der Waals surface area (Å²) in [5.74, 6) is 6.35. The van der Waals surface area contributed by atoms with Crippen LogP contribution in [0.1, 0.15) is 11.1 Å². The third-order valence-electron chi connectivity index (χ3n) is 3.18. The van der Waals surface area contributed by atoms with Gasteiger partial charge in [-0.1, -0.05) is 35.3 Å². The average Bonchev–Trinajstić information content (AvgIpc) is 2.47. The van der Waals surface area contributed by atoms with Crippen LogP contribution in [0.4, 0.5) is 0 Å². The fourth-order valence-electron chi connectivity index (χ4n) is 1.98. The number of benzene rings is 2. The summed E-state index contributed by atoms with van der Waals surface area (Å²) in [6.07, 6.45) is 0.698. The van der Waals surface area contributed by atoms with E-state index in [2.05, 4.69) is 5.43 Å². The summed E-state index contributed by atoms with van der Waals surface area (Å²) < 4.78 is 5.71. The topological polar surface area (TPSA) is 47.3 Å². The van der Waals surface area contributed by atoms with Crippen LogP contribution in [0.3, 0.4) is 0 Å². The maximum absolute atomic E-state index is 6.24. The highest BCUT2D eigenvalue weighted by Crippen LogP contribution is 2.20. The lowest BCUT2D eigenvalue weighted by atomic mass is 10.1. The molecular weight excluding hydrogens is 307 g/mol. The number of halogens is 2. The van der Waals surface area contributed by atoms with Gasteiger partial charge < -0.3 is 4.74 Å². The zero-order chi connectivity index (χ0) is 15.2. The van der Waals surface area contributed by atoms with Crippen molar-refractivity contribution in [2.24, 2.45) is 5.84 Å². The molecule has 0 saturated carbocycles. The van der Waals surface area contributed by atoms with Crippen molar-refractivity contribution in [3.63, 3.8) is 0 Å². The molecule has 0 aliphatic carbocycles. The minimum absolute atomic E-state index is 0.0270. The van der Waals surface area contributed by atoms with Crippen molar-refractivity contribution >= 4 is 23.2 Å². The molecule has 0 fully saturated rings. The molecule has 0 aliphatic rings. The Balaban J connectivity index is 1.95. The highest BCUT2D eigenvalue weighted by molar-refractivity contribution is 6.31. The molecule has 3 N–H and O–H groups in total. The molecule has 3 nitrogen and oxygen atoms in total. The molecule has 2 rings (SSSR count). The van der Waals surface area contributed by atoms with Gasteiger partial charge in [0, 0.05) is 10.0 Å². The summed E-state index contributed by atoms with van der Waals surface area (Å²) >= 11 is 12.1. The van der Waals surface area contributed by atoms with Crippen molar-refractivity contribution in [1.29, 1.82) is 0 Å². The van der Waals surface area contributed by atoms with E-state index in [9.17, 15) is 0 Å². The van der Waals surface area contributed by atoms with Gasteiger partial charge in [-0.05, 0) is 54.8 Å². The molecule has 0 amide bonds. The van der Waals surface area contributed by atoms with Crippen LogP contribution in [0, 0.1) is 6.92 Å². The first-order chi connectivity index (χ1) is 10.1. The van der Waals surface area contributed by atoms with Gasteiger partial charge in [-0.2, -0.15) is 0 Å². The Kier molecular flexibility index (Phi) is 5.88. The molecule has 0 saturated heterocycles. The largest absolute Gasteiger partial charge is 0.492 e. The number of hydrogen-bond donors (Lipinski definition) is 2. The van der Waals surface area contributed by atoms with Crippen molar-refractivity contribution < 1.29 is 4.74 Å². The quantitative estimate of drug-likeness (QED) is 0.628. The monoisotopic (exact) mass is 324 g/mol. The smallest absolute Gasteiger partial charge is 0.119 e. The maximum atomic E-state index is 6.24. The molecule has 1 atom stereocenters. The molecule has 2 aromatic carbocycles. The average molecular weight is 325 g/mol. The number of nitrogens with one attached hydrogen (secondary N) is 1. The van der Waals surface area contributed by atoms with Crippen LogP contribution in [-0.4, -0.2) is 12.6 Å². The number of nitrogens with two attached hydrogens (primary N) is 1. The van der Waals surface area contributed by atoms with E-state index in [1.807, 2.05) is 37.3 Å². The Morgan fingerprint density at radius 1 is 1.14 bits per heavy atom. The summed E-state index contributed by atoms with van der Waals surface area (Å²) in [6.45, 7) is 2.46. The molecule has 0 aromatic heterocycles. The van der Waals surface area contributed by atoms with Crippen molar-refractivity contribution in [1.82, 2.24) is 5.43 Å². The van der Waals surface area contributed by atoms with Gasteiger partial charge in [0.2, 0.25) is 0 Å². The van der Waals surface area contributed by atoms with Gasteiger partial charge in [0.15, 0.2) is 0 Å². The first kappa shape index (κ1) is 16.1. The van der Waals surface area contributed by atoms with Gasteiger partial charge >= 0.3 is 0 Å². The van der Waals surface area contributed by atoms with Crippen molar-refractivity contribution in [3.05, 3.63) is 63.6 Å². The van der Waals surface area contributed by atoms with E-state index in [-0.39, 0.29) is 6.04 Å². The molecule has 0 spiro atoms. The van der Waals surface area contributed by atoms with Gasteiger partial charge in [0.1, 0.15) is 12.4 Å². The normalized spacial score (nSPS) is 12.2. The van der Waals surface area contributed by atoms with E-state index in [0.29, 0.717) is 18.1 Å². The highest BCUT2D eigenvalue weighted by Gasteiger charge is 2.11. The Bertz CT molecular complexity index is 587. The second-order valence-corrected chi connectivity index (χ2v) is 5.77. The minimum atomic E-state index is -0.0270. The van der Waals surface area contributed by atoms with E-state index in [4.69, 9.17) is 33.8 Å². The number of aryl methyl sites for hydroxylation is 1. The third-order valence-corrected chi connectivity index (χ3v) is 3.78. The van der Waals surface area contributed by atoms with E-state index < -0.39 is 0 Å². The number of hydrogen-bond acceptors (Lipinski definition) is 3. The van der Waals surface area contributed by atoms with Crippen LogP contribution >= 0.6 is 23.2 Å². The lowest BCUT2D eigenvalue weighted by molar-refractivity contribution is 0.264. The van der Waals surface area contributed by atoms with Gasteiger partial charge in [0.25, 0.3) is 0 Å². The SMILES string of the molecule is Cc1ccc(CC(COc2ccc(Cl)cc2)NN)c(Cl)c1. The van der Waals surface area contributed by atoms with Gasteiger partial charge in [-0.3, -0.25) is 11.3 Å². The lowest BCUT2D eigenvalue weighted by Gasteiger charge is -2.17. The van der Waals surface area contributed by atoms with Crippen LogP contribution in [0.25, 0.3) is 0 Å². The second kappa shape index (κ2) is 7.66. The van der Waals surface area contributed by atoms with Crippen molar-refractivity contribution in [3.8, 4) is 5.75 Å². The summed E-state index contributed by atoms with van der Waals surface area (Å²) in [4.78, 5) is 0. The van der Waals surface area contributed by atoms with Gasteiger partial charge in [-0.25, -0.2) is 0 Å². The van der Waals surface area contributed by atoms with E-state index in [1.54, 1.807) is 12.1 Å². The zero-order valence-corrected chi connectivity index (χ0v) is 13.3. The predicted octanol–water partition coefficient (Wildman–Crippen LogP) is 3.76. The maximum Gasteiger partial charge on any atom is 0.119 e. The Hall–Kier alpha value is -1.26. The van der Waals surface area contributed by atoms with E-state index >= 15 is 0 Å². The number of hydrazine groups is 1. The van der Waals surface area contributed by atoms with Crippen molar-refractivity contribution in [2.75, 3.05) is 6.61 Å². The molecule has 2 aromatic rings. The minimum Gasteiger partial charge on any atom is -0.492 e. The molecule has 21 heavy (non-hydrogen) atoms. The van der Waals surface area contributed by atoms with E-state index in [1.165, 1.54) is 0 Å². The molecule has 112 valence electrons. The van der Waals surface area contributed by atoms with Gasteiger partial charge in [0.05, 0.1) is 6.04 Å². The first-order valence-electron chi connectivity index (χ1n) is 6.68. The summed E-state index contributed by atoms with van der Waals surface area (Å²) in [6, 6.07) is 13.2. The lowest BCUT2D eigenvalue weighted by Crippen LogP contribution is -2.41. The Morgan fingerprint density at radius 3 is 2.48 bits per heavy atom. The molecular formula is C16H18Cl2N2O. The number of rotatable bonds is 6. The standard InChI is InChI=1S/C16H18Cl2N2O/c1-11-2-3-12(16(18)8-11)9-14(20-19)10-21-15-6-4-13(17)5-7-15/h2-8,14,20H,9-10,19H2,1H3. The summed E-state index contributed by atoms with van der Waals surface area (Å²) in [5.41, 5.74) is 4.95. The molecule has 5 heteroatoms. The van der Waals surface area contributed by atoms with Gasteiger partial charge in [-0.15, -0.1) is 0 Å². The van der Waals surface area contributed by atoms with Crippen LogP contribution in [-0.2, 0) is 6.42 Å². The Morgan fingerprint density at radius 2 is 1.86 bits per heavy atom. The van der Waals surface area contributed by atoms with Crippen LogP contribution < -0.4 is 16.0 Å². The van der Waals surface area contributed by atoms with Crippen molar-refractivity contribution in [2.45, 2.75) is 19.4 Å². The molecule has 1 unspecified atom stereocenters. The van der Waals surface area contributed by atoms with Crippen LogP contribution in [0.15, 0.2) is 42.5 Å². The molecule has 0 bridgehead atoms. The molecule has 0 aliphatic heterocycles. The highest BCUT2D eigenvalue weighted by atomic mass is 35.5. The third kappa shape index (κ3) is 4.90. The Labute approximate surface area is 135 Å². The molecule has 0 radical (unpaired) electrons. The first-order valence-corrected chi connectivity index (χ1v) is 7.43. The van der Waals surface area contributed by atoms with Crippen LogP contribution in [0.2, 0.25) is 10.0 Å². The summed E-state index contributed by atoms with van der Waals surface area (Å²) in [7, 11) is 0. The van der Waals surface area contributed by atoms with Crippen LogP contribution in [0.5, 0.6) is 5.75 Å². The number of ether oxygens (including phenoxy) is 1. The molecule has 0 heterocycles. The fraction of sp³-hybridized carbons (Fsp3) is 0.250. The second-order valence-electron chi connectivity index (χ2n) is 4.93. The van der Waals surface area contributed by atoms with E-state index in [0.717, 1.165) is 21.9 Å². The fourth-order valence-corrected chi connectivity index (χ4v) is 2.42. The summed E-state index contributed by atoms with van der Waals surface area (Å²) in [5, 5.41) is 1.43.